The van der Waals surface area contributed by atoms with Crippen molar-refractivity contribution in [1.29, 1.82) is 0 Å². The first-order valence-electron chi connectivity index (χ1n) is 6.89. The number of guanidine groups is 1. The minimum absolute atomic E-state index is 0.0842. The quantitative estimate of drug-likeness (QED) is 0.502. The van der Waals surface area contributed by atoms with Gasteiger partial charge in [0.2, 0.25) is 5.96 Å². The summed E-state index contributed by atoms with van der Waals surface area (Å²) < 4.78 is 0. The number of aryl methyl sites for hydroxylation is 2. The Hall–Kier alpha value is -2.74. The number of aromatic nitrogens is 1. The number of carbonyl (C=O) groups is 1. The van der Waals surface area contributed by atoms with Crippen LogP contribution in [-0.2, 0) is 4.79 Å². The van der Waals surface area contributed by atoms with E-state index in [4.69, 9.17) is 11.5 Å². The molecule has 120 valence electrons. The highest BCUT2D eigenvalue weighted by Crippen LogP contribution is 2.27. The molecular formula is C15H19N6OS+. The number of carbonyl (C=O) groups excluding carboxylic acids is 1. The molecule has 0 atom stereocenters. The second-order valence-corrected chi connectivity index (χ2v) is 5.87. The Kier molecular flexibility index (Phi) is 5.07. The summed E-state index contributed by atoms with van der Waals surface area (Å²) in [7, 11) is 0. The summed E-state index contributed by atoms with van der Waals surface area (Å²) in [6.07, 6.45) is 1.48. The summed E-state index contributed by atoms with van der Waals surface area (Å²) >= 11 is 1.40. The number of nitrogens with one attached hydrogen (secondary N) is 1. The fourth-order valence-corrected chi connectivity index (χ4v) is 2.81. The van der Waals surface area contributed by atoms with Gasteiger partial charge in [-0.3, -0.25) is 0 Å². The van der Waals surface area contributed by atoms with E-state index in [0.29, 0.717) is 10.8 Å². The second-order valence-electron chi connectivity index (χ2n) is 5.01. The summed E-state index contributed by atoms with van der Waals surface area (Å²) in [6.45, 7) is 5.57. The molecule has 0 fully saturated rings. The second kappa shape index (κ2) is 7.01. The maximum absolute atomic E-state index is 12.1. The number of rotatable bonds is 4. The smallest absolute Gasteiger partial charge is 0.347 e. The molecule has 0 saturated carbocycles. The number of amides is 1. The van der Waals surface area contributed by atoms with Gasteiger partial charge in [-0.2, -0.15) is 10.0 Å². The van der Waals surface area contributed by atoms with E-state index in [9.17, 15) is 4.79 Å². The zero-order valence-corrected chi connectivity index (χ0v) is 14.0. The number of nitrogens with two attached hydrogens (primary N) is 2. The van der Waals surface area contributed by atoms with Crippen molar-refractivity contribution >= 4 is 40.2 Å². The largest absolute Gasteiger partial charge is 0.369 e. The molecule has 1 amide bonds. The number of nitrogens with zero attached hydrogens (tertiary/aromatic N) is 3. The maximum Gasteiger partial charge on any atom is 0.347 e. The molecule has 0 aliphatic rings. The molecule has 1 heterocycles. The molecule has 0 bridgehead atoms. The number of benzene rings is 1. The van der Waals surface area contributed by atoms with E-state index < -0.39 is 0 Å². The molecule has 0 radical (unpaired) electrons. The van der Waals surface area contributed by atoms with Crippen LogP contribution >= 0.6 is 11.3 Å². The maximum atomic E-state index is 12.1. The third kappa shape index (κ3) is 4.13. The van der Waals surface area contributed by atoms with Crippen LogP contribution in [0.5, 0.6) is 0 Å². The van der Waals surface area contributed by atoms with Gasteiger partial charge in [0.25, 0.3) is 0 Å². The summed E-state index contributed by atoms with van der Waals surface area (Å²) in [6, 6.07) is 5.90. The Balaban J connectivity index is 2.34. The zero-order chi connectivity index (χ0) is 17.0. The average Bonchev–Trinajstić information content (AvgIpc) is 2.90. The monoisotopic (exact) mass is 331 g/mol. The van der Waals surface area contributed by atoms with Crippen LogP contribution in [-0.4, -0.2) is 18.1 Å². The average molecular weight is 331 g/mol. The number of H-pyrrole nitrogens is 1. The summed E-state index contributed by atoms with van der Waals surface area (Å²) in [5, 5.41) is 9.79. The van der Waals surface area contributed by atoms with Gasteiger partial charge in [0.1, 0.15) is 5.69 Å². The third-order valence-corrected chi connectivity index (χ3v) is 4.07. The molecule has 5 N–H and O–H groups in total. The molecule has 8 heteroatoms. The molecule has 0 unspecified atom stereocenters. The van der Waals surface area contributed by atoms with E-state index in [0.717, 1.165) is 11.3 Å². The first-order chi connectivity index (χ1) is 10.9. The summed E-state index contributed by atoms with van der Waals surface area (Å²) in [5.74, 6) is -0.198. The van der Waals surface area contributed by atoms with E-state index in [-0.39, 0.29) is 11.9 Å². The molecule has 23 heavy (non-hydrogen) atoms. The van der Waals surface area contributed by atoms with Crippen LogP contribution in [0.2, 0.25) is 0 Å². The Labute approximate surface area is 138 Å². The SMILES string of the molecule is CC(=O)N(c1ccc(C)c(C)c1)c1[nH+]c(/C=N\N=C(N)N)cs1. The molecule has 0 aliphatic carbocycles. The van der Waals surface area contributed by atoms with Crippen LogP contribution in [0.15, 0.2) is 33.8 Å². The van der Waals surface area contributed by atoms with Gasteiger partial charge >= 0.3 is 11.0 Å². The molecule has 1 aromatic heterocycles. The van der Waals surface area contributed by atoms with E-state index in [1.165, 1.54) is 30.0 Å². The molecule has 2 aromatic rings. The van der Waals surface area contributed by atoms with Crippen molar-refractivity contribution in [3.63, 3.8) is 0 Å². The van der Waals surface area contributed by atoms with E-state index in [1.807, 2.05) is 37.4 Å². The lowest BCUT2D eigenvalue weighted by molar-refractivity contribution is -0.357. The topological polar surface area (TPSA) is 111 Å². The van der Waals surface area contributed by atoms with Gasteiger partial charge in [0.05, 0.1) is 6.21 Å². The van der Waals surface area contributed by atoms with Crippen molar-refractivity contribution in [3.05, 3.63) is 40.4 Å². The van der Waals surface area contributed by atoms with Crippen LogP contribution in [0.1, 0.15) is 23.7 Å². The lowest BCUT2D eigenvalue weighted by atomic mass is 10.1. The molecule has 0 aliphatic heterocycles. The Morgan fingerprint density at radius 2 is 2.04 bits per heavy atom. The fraction of sp³-hybridized carbons (Fsp3) is 0.200. The van der Waals surface area contributed by atoms with Crippen LogP contribution in [0, 0.1) is 13.8 Å². The Morgan fingerprint density at radius 1 is 1.30 bits per heavy atom. The third-order valence-electron chi connectivity index (χ3n) is 3.19. The standard InChI is InChI=1S/C15H18N6OS/c1-9-4-5-13(6-10(9)2)21(11(3)22)15-19-12(8-23-15)7-18-20-14(16)17/h4-8H,1-3H3,(H4,16,17,20)/p+1/b18-7-. The Bertz CT molecular complexity index is 776. The lowest BCUT2D eigenvalue weighted by Crippen LogP contribution is -2.27. The van der Waals surface area contributed by atoms with Gasteiger partial charge in [-0.05, 0) is 37.1 Å². The fourth-order valence-electron chi connectivity index (χ4n) is 1.94. The number of hydrogen-bond acceptors (Lipinski definition) is 4. The predicted molar refractivity (Wildman–Crippen MR) is 93.0 cm³/mol. The highest BCUT2D eigenvalue weighted by molar-refractivity contribution is 7.13. The molecule has 2 rings (SSSR count). The van der Waals surface area contributed by atoms with Crippen LogP contribution in [0.3, 0.4) is 0 Å². The van der Waals surface area contributed by atoms with Gasteiger partial charge in [-0.25, -0.2) is 9.78 Å². The number of thiazole rings is 1. The van der Waals surface area contributed by atoms with Gasteiger partial charge in [0, 0.05) is 12.3 Å². The normalized spacial score (nSPS) is 10.7. The number of aromatic amines is 1. The number of anilines is 2. The van der Waals surface area contributed by atoms with E-state index in [1.54, 1.807) is 4.90 Å². The van der Waals surface area contributed by atoms with Crippen LogP contribution < -0.4 is 21.4 Å². The molecule has 0 saturated heterocycles. The molecule has 0 spiro atoms. The minimum atomic E-state index is -0.114. The van der Waals surface area contributed by atoms with Crippen molar-refractivity contribution in [1.82, 2.24) is 0 Å². The summed E-state index contributed by atoms with van der Waals surface area (Å²) in [4.78, 5) is 16.8. The van der Waals surface area contributed by atoms with Crippen molar-refractivity contribution in [3.8, 4) is 0 Å². The zero-order valence-electron chi connectivity index (χ0n) is 13.2. The number of hydrogen-bond donors (Lipinski definition) is 2. The van der Waals surface area contributed by atoms with Crippen molar-refractivity contribution < 1.29 is 9.78 Å². The predicted octanol–water partition coefficient (Wildman–Crippen LogP) is 1.47. The van der Waals surface area contributed by atoms with Crippen molar-refractivity contribution in [2.75, 3.05) is 4.90 Å². The van der Waals surface area contributed by atoms with Gasteiger partial charge in [0.15, 0.2) is 5.69 Å². The first-order valence-corrected chi connectivity index (χ1v) is 7.77. The van der Waals surface area contributed by atoms with Crippen LogP contribution in [0.25, 0.3) is 0 Å². The molecule has 7 nitrogen and oxygen atoms in total. The highest BCUT2D eigenvalue weighted by atomic mass is 32.1. The van der Waals surface area contributed by atoms with E-state index >= 15 is 0 Å². The molecular weight excluding hydrogens is 312 g/mol. The van der Waals surface area contributed by atoms with Crippen molar-refractivity contribution in [2.45, 2.75) is 20.8 Å². The van der Waals surface area contributed by atoms with E-state index in [2.05, 4.69) is 15.2 Å². The Morgan fingerprint density at radius 3 is 2.65 bits per heavy atom. The van der Waals surface area contributed by atoms with Crippen molar-refractivity contribution in [2.24, 2.45) is 21.7 Å². The summed E-state index contributed by atoms with van der Waals surface area (Å²) in [5.41, 5.74) is 14.2. The van der Waals surface area contributed by atoms with Gasteiger partial charge in [-0.15, -0.1) is 5.10 Å². The minimum Gasteiger partial charge on any atom is -0.369 e. The lowest BCUT2D eigenvalue weighted by Gasteiger charge is -2.11. The van der Waals surface area contributed by atoms with Gasteiger partial charge < -0.3 is 11.5 Å². The van der Waals surface area contributed by atoms with Crippen LogP contribution in [0.4, 0.5) is 10.8 Å². The first kappa shape index (κ1) is 16.6. The molecule has 1 aromatic carbocycles. The van der Waals surface area contributed by atoms with Gasteiger partial charge in [-0.1, -0.05) is 17.4 Å². The highest BCUT2D eigenvalue weighted by Gasteiger charge is 2.26.